The van der Waals surface area contributed by atoms with Crippen molar-refractivity contribution in [3.8, 4) is 0 Å². The van der Waals surface area contributed by atoms with Gasteiger partial charge in [0.05, 0.1) is 23.2 Å². The summed E-state index contributed by atoms with van der Waals surface area (Å²) in [7, 11) is -3.87. The van der Waals surface area contributed by atoms with Gasteiger partial charge in [0.15, 0.2) is 5.79 Å². The predicted octanol–water partition coefficient (Wildman–Crippen LogP) is 8.75. The van der Waals surface area contributed by atoms with Gasteiger partial charge in [0.1, 0.15) is 5.78 Å². The fourth-order valence-corrected chi connectivity index (χ4v) is 12.9. The Kier molecular flexibility index (Phi) is 9.20. The number of hydrogen-bond donors (Lipinski definition) is 0. The molecule has 12 atom stereocenters. The Bertz CT molecular complexity index is 1390. The van der Waals surface area contributed by atoms with Crippen LogP contribution in [0.5, 0.6) is 0 Å². The van der Waals surface area contributed by atoms with E-state index in [9.17, 15) is 13.2 Å². The molecule has 1 aliphatic heterocycles. The summed E-state index contributed by atoms with van der Waals surface area (Å²) < 4.78 is 45.5. The number of carbonyl (C=O) groups excluding carboxylic acids is 1. The van der Waals surface area contributed by atoms with Crippen LogP contribution >= 0.6 is 0 Å². The summed E-state index contributed by atoms with van der Waals surface area (Å²) >= 11 is 0. The minimum atomic E-state index is -3.87. The maximum Gasteiger partial charge on any atom is 0.297 e. The van der Waals surface area contributed by atoms with Gasteiger partial charge in [-0.05, 0) is 130 Å². The standard InChI is InChI=1S/C39H60O6S/c1-10-28(23(2)3)36-35(43-37(6,7)44-36)25(5)30-15-16-31-29-22-34(40)33-21-26(45-46(41,42)27-13-11-24(4)12-14-27)17-19-39(33,9)32(29)18-20-38(30,31)8/h11-14,23,25-26,28-33,35-36H,10,15-22H2,1-9H3/t25-,26-,28-,29-,30+,31-,32-,33+,35-,36-,38+,39+/m0/s1. The molecule has 1 aromatic carbocycles. The minimum absolute atomic E-state index is 0.0852. The van der Waals surface area contributed by atoms with Crippen LogP contribution in [0.15, 0.2) is 29.2 Å². The second-order valence-electron chi connectivity index (χ2n) is 17.3. The van der Waals surface area contributed by atoms with E-state index >= 15 is 0 Å². The second-order valence-corrected chi connectivity index (χ2v) is 18.9. The summed E-state index contributed by atoms with van der Waals surface area (Å²) in [5.41, 5.74) is 1.10. The zero-order chi connectivity index (χ0) is 33.4. The molecule has 5 fully saturated rings. The molecule has 0 unspecified atom stereocenters. The third kappa shape index (κ3) is 5.85. The SMILES string of the molecule is CC[C@@H](C(C)C)[C@@H]1OC(C)(C)O[C@H]1[C@@H](C)[C@H]1CC[C@H]2[C@@H]3CC(=O)[C@H]4C[C@@H](OS(=O)(=O)c5ccc(C)cc5)CC[C@]4(C)[C@H]3CC[C@]12C. The van der Waals surface area contributed by atoms with Crippen molar-refractivity contribution in [2.45, 2.75) is 149 Å². The molecule has 46 heavy (non-hydrogen) atoms. The first-order valence-electron chi connectivity index (χ1n) is 18.4. The van der Waals surface area contributed by atoms with Gasteiger partial charge in [-0.25, -0.2) is 0 Å². The van der Waals surface area contributed by atoms with Crippen LogP contribution in [-0.4, -0.2) is 38.3 Å². The third-order valence-corrected chi connectivity index (χ3v) is 15.5. The molecule has 4 aliphatic carbocycles. The van der Waals surface area contributed by atoms with Crippen LogP contribution in [0.3, 0.4) is 0 Å². The Morgan fingerprint density at radius 2 is 1.52 bits per heavy atom. The molecule has 1 heterocycles. The second kappa shape index (κ2) is 12.2. The Morgan fingerprint density at radius 1 is 0.891 bits per heavy atom. The number of hydrogen-bond acceptors (Lipinski definition) is 6. The molecule has 5 aliphatic rings. The highest BCUT2D eigenvalue weighted by molar-refractivity contribution is 7.86. The molecule has 0 N–H and O–H groups in total. The van der Waals surface area contributed by atoms with Gasteiger partial charge in [0.2, 0.25) is 0 Å². The fraction of sp³-hybridized carbons (Fsp3) is 0.821. The number of aryl methyl sites for hydroxylation is 1. The van der Waals surface area contributed by atoms with Crippen molar-refractivity contribution in [3.05, 3.63) is 29.8 Å². The monoisotopic (exact) mass is 656 g/mol. The number of Topliss-reactive ketones (excluding diaryl/α,β-unsaturated/α-hetero) is 1. The van der Waals surface area contributed by atoms with E-state index in [0.717, 1.165) is 24.8 Å². The van der Waals surface area contributed by atoms with Crippen LogP contribution in [0, 0.1) is 65.1 Å². The van der Waals surface area contributed by atoms with Crippen LogP contribution in [0.1, 0.15) is 119 Å². The average Bonchev–Trinajstić information content (AvgIpc) is 3.49. The van der Waals surface area contributed by atoms with Crippen molar-refractivity contribution in [2.75, 3.05) is 0 Å². The number of fused-ring (bicyclic) bond motifs is 5. The van der Waals surface area contributed by atoms with Crippen molar-refractivity contribution in [1.82, 2.24) is 0 Å². The topological polar surface area (TPSA) is 78.9 Å². The Hall–Kier alpha value is -1.28. The van der Waals surface area contributed by atoms with Crippen molar-refractivity contribution in [1.29, 1.82) is 0 Å². The van der Waals surface area contributed by atoms with E-state index in [1.807, 2.05) is 6.92 Å². The summed E-state index contributed by atoms with van der Waals surface area (Å²) in [5.74, 6) is 3.02. The van der Waals surface area contributed by atoms with Crippen molar-refractivity contribution >= 4 is 15.9 Å². The number of benzene rings is 1. The van der Waals surface area contributed by atoms with E-state index in [4.69, 9.17) is 13.7 Å². The van der Waals surface area contributed by atoms with Gasteiger partial charge in [-0.1, -0.05) is 65.7 Å². The highest BCUT2D eigenvalue weighted by Gasteiger charge is 2.64. The number of carbonyl (C=O) groups is 1. The molecule has 0 amide bonds. The van der Waals surface area contributed by atoms with Gasteiger partial charge in [-0.3, -0.25) is 8.98 Å². The van der Waals surface area contributed by atoms with Gasteiger partial charge in [-0.2, -0.15) is 8.42 Å². The molecule has 0 radical (unpaired) electrons. The van der Waals surface area contributed by atoms with Crippen LogP contribution in [0.4, 0.5) is 0 Å². The van der Waals surface area contributed by atoms with Gasteiger partial charge in [-0.15, -0.1) is 0 Å². The third-order valence-electron chi connectivity index (χ3n) is 14.1. The maximum atomic E-state index is 14.1. The zero-order valence-corrected chi connectivity index (χ0v) is 30.7. The van der Waals surface area contributed by atoms with E-state index in [1.165, 1.54) is 19.3 Å². The fourth-order valence-electron chi connectivity index (χ4n) is 11.8. The Morgan fingerprint density at radius 3 is 2.17 bits per heavy atom. The van der Waals surface area contributed by atoms with E-state index in [0.29, 0.717) is 66.5 Å². The molecule has 6 rings (SSSR count). The first kappa shape index (κ1) is 34.6. The quantitative estimate of drug-likeness (QED) is 0.261. The van der Waals surface area contributed by atoms with Gasteiger partial charge < -0.3 is 9.47 Å². The number of ketones is 1. The smallest absolute Gasteiger partial charge is 0.297 e. The lowest BCUT2D eigenvalue weighted by molar-refractivity contribution is -0.164. The summed E-state index contributed by atoms with van der Waals surface area (Å²) in [6.07, 6.45) is 8.22. The molecule has 258 valence electrons. The summed E-state index contributed by atoms with van der Waals surface area (Å²) in [6.45, 7) is 20.3. The largest absolute Gasteiger partial charge is 0.344 e. The lowest BCUT2D eigenvalue weighted by Crippen LogP contribution is -2.57. The molecule has 6 nitrogen and oxygen atoms in total. The molecule has 0 bridgehead atoms. The zero-order valence-electron chi connectivity index (χ0n) is 29.9. The molecule has 1 saturated heterocycles. The first-order valence-corrected chi connectivity index (χ1v) is 19.8. The highest BCUT2D eigenvalue weighted by Crippen LogP contribution is 2.68. The van der Waals surface area contributed by atoms with Crippen LogP contribution in [-0.2, 0) is 28.6 Å². The van der Waals surface area contributed by atoms with E-state index in [-0.39, 0.29) is 33.9 Å². The van der Waals surface area contributed by atoms with Crippen molar-refractivity contribution < 1.29 is 26.9 Å². The molecule has 1 aromatic rings. The lowest BCUT2D eigenvalue weighted by Gasteiger charge is -2.60. The van der Waals surface area contributed by atoms with E-state index in [1.54, 1.807) is 24.3 Å². The summed E-state index contributed by atoms with van der Waals surface area (Å²) in [6, 6.07) is 6.82. The van der Waals surface area contributed by atoms with Gasteiger partial charge in [0.25, 0.3) is 10.1 Å². The molecular formula is C39H60O6S. The average molecular weight is 657 g/mol. The molecule has 7 heteroatoms. The first-order chi connectivity index (χ1) is 21.5. The van der Waals surface area contributed by atoms with Crippen LogP contribution < -0.4 is 0 Å². The lowest BCUT2D eigenvalue weighted by atomic mass is 9.44. The van der Waals surface area contributed by atoms with Crippen molar-refractivity contribution in [3.63, 3.8) is 0 Å². The highest BCUT2D eigenvalue weighted by atomic mass is 32.2. The minimum Gasteiger partial charge on any atom is -0.344 e. The normalized spacial score (nSPS) is 41.9. The van der Waals surface area contributed by atoms with E-state index in [2.05, 4.69) is 55.4 Å². The van der Waals surface area contributed by atoms with Crippen LogP contribution in [0.25, 0.3) is 0 Å². The van der Waals surface area contributed by atoms with E-state index < -0.39 is 22.0 Å². The predicted molar refractivity (Wildman–Crippen MR) is 180 cm³/mol. The molecule has 4 saturated carbocycles. The molecule has 0 aromatic heterocycles. The summed E-state index contributed by atoms with van der Waals surface area (Å²) in [5, 5.41) is 0. The maximum absolute atomic E-state index is 14.1. The Labute approximate surface area is 279 Å². The number of rotatable bonds is 8. The summed E-state index contributed by atoms with van der Waals surface area (Å²) in [4.78, 5) is 14.3. The molecule has 0 spiro atoms. The van der Waals surface area contributed by atoms with Crippen molar-refractivity contribution in [2.24, 2.45) is 58.2 Å². The molecular weight excluding hydrogens is 596 g/mol. The van der Waals surface area contributed by atoms with Gasteiger partial charge >= 0.3 is 0 Å². The van der Waals surface area contributed by atoms with Crippen LogP contribution in [0.2, 0.25) is 0 Å². The van der Waals surface area contributed by atoms with Gasteiger partial charge in [0, 0.05) is 12.3 Å². The Balaban J connectivity index is 1.18. The number of ether oxygens (including phenoxy) is 2.